The number of nitrogens with zero attached hydrogens (tertiary/aromatic N) is 1. The van der Waals surface area contributed by atoms with Crippen LogP contribution < -0.4 is 10.5 Å². The van der Waals surface area contributed by atoms with Gasteiger partial charge in [0.1, 0.15) is 5.75 Å². The fraction of sp³-hybridized carbons (Fsp3) is 0.111. The molecule has 0 amide bonds. The Hall–Kier alpha value is -2.18. The van der Waals surface area contributed by atoms with Crippen molar-refractivity contribution >= 4 is 0 Å². The van der Waals surface area contributed by atoms with Crippen molar-refractivity contribution in [3.05, 3.63) is 34.8 Å². The summed E-state index contributed by atoms with van der Waals surface area (Å²) in [5.41, 5.74) is 0.486. The lowest BCUT2D eigenvalue weighted by atomic mass is 10.2. The number of rotatable bonds is 3. The first-order valence-corrected chi connectivity index (χ1v) is 4.26. The molecule has 2 rings (SSSR count). The van der Waals surface area contributed by atoms with Crippen LogP contribution in [0.15, 0.2) is 33.5 Å². The standard InChI is InChI=1S/C9H6F2N2O3/c10-8(11)15-6-3-1-5(2-4-6)7-12-13-9(14)16-7/h1-4,8H,(H,13,14). The van der Waals surface area contributed by atoms with Crippen molar-refractivity contribution in [1.82, 2.24) is 10.2 Å². The number of aromatic amines is 1. The normalized spacial score (nSPS) is 10.7. The van der Waals surface area contributed by atoms with Crippen molar-refractivity contribution in [3.63, 3.8) is 0 Å². The van der Waals surface area contributed by atoms with Gasteiger partial charge in [0.25, 0.3) is 0 Å². The fourth-order valence-corrected chi connectivity index (χ4v) is 1.13. The van der Waals surface area contributed by atoms with Gasteiger partial charge in [0.15, 0.2) is 0 Å². The third-order valence-corrected chi connectivity index (χ3v) is 1.76. The summed E-state index contributed by atoms with van der Waals surface area (Å²) in [6.07, 6.45) is 0. The van der Waals surface area contributed by atoms with Gasteiger partial charge >= 0.3 is 12.4 Å². The van der Waals surface area contributed by atoms with E-state index in [1.54, 1.807) is 0 Å². The molecule has 16 heavy (non-hydrogen) atoms. The molecule has 0 unspecified atom stereocenters. The summed E-state index contributed by atoms with van der Waals surface area (Å²) in [4.78, 5) is 10.7. The van der Waals surface area contributed by atoms with E-state index in [2.05, 4.69) is 19.4 Å². The van der Waals surface area contributed by atoms with Gasteiger partial charge in [-0.15, -0.1) is 5.10 Å². The molecule has 1 heterocycles. The van der Waals surface area contributed by atoms with E-state index in [1.807, 2.05) is 0 Å². The second kappa shape index (κ2) is 4.13. The molecule has 1 aromatic heterocycles. The summed E-state index contributed by atoms with van der Waals surface area (Å²) in [6, 6.07) is 5.57. The molecule has 1 N–H and O–H groups in total. The Morgan fingerprint density at radius 2 is 2.00 bits per heavy atom. The van der Waals surface area contributed by atoms with Crippen LogP contribution in [-0.4, -0.2) is 16.8 Å². The number of benzene rings is 1. The van der Waals surface area contributed by atoms with Crippen molar-refractivity contribution in [2.45, 2.75) is 6.61 Å². The van der Waals surface area contributed by atoms with Gasteiger partial charge in [0.2, 0.25) is 5.89 Å². The second-order valence-corrected chi connectivity index (χ2v) is 2.82. The first-order chi connectivity index (χ1) is 7.65. The van der Waals surface area contributed by atoms with Gasteiger partial charge in [-0.05, 0) is 24.3 Å². The van der Waals surface area contributed by atoms with E-state index >= 15 is 0 Å². The zero-order chi connectivity index (χ0) is 11.5. The zero-order valence-electron chi connectivity index (χ0n) is 7.81. The van der Waals surface area contributed by atoms with Crippen molar-refractivity contribution in [3.8, 4) is 17.2 Å². The monoisotopic (exact) mass is 228 g/mol. The summed E-state index contributed by atoms with van der Waals surface area (Å²) >= 11 is 0. The van der Waals surface area contributed by atoms with Crippen molar-refractivity contribution < 1.29 is 17.9 Å². The fourth-order valence-electron chi connectivity index (χ4n) is 1.13. The number of alkyl halides is 2. The maximum atomic E-state index is 11.8. The lowest BCUT2D eigenvalue weighted by Crippen LogP contribution is -2.01. The molecule has 5 nitrogen and oxygen atoms in total. The first-order valence-electron chi connectivity index (χ1n) is 4.26. The van der Waals surface area contributed by atoms with Crippen LogP contribution in [0.25, 0.3) is 11.5 Å². The molecule has 0 fully saturated rings. The second-order valence-electron chi connectivity index (χ2n) is 2.82. The topological polar surface area (TPSA) is 68.1 Å². The van der Waals surface area contributed by atoms with Crippen molar-refractivity contribution in [1.29, 1.82) is 0 Å². The molecule has 0 aliphatic heterocycles. The summed E-state index contributed by atoms with van der Waals surface area (Å²) in [7, 11) is 0. The number of hydrogen-bond donors (Lipinski definition) is 1. The molecular formula is C9H6F2N2O3. The van der Waals surface area contributed by atoms with Gasteiger partial charge in [0.05, 0.1) is 0 Å². The van der Waals surface area contributed by atoms with Gasteiger partial charge in [-0.25, -0.2) is 9.89 Å². The first kappa shape index (κ1) is 10.3. The molecule has 84 valence electrons. The van der Waals surface area contributed by atoms with E-state index in [9.17, 15) is 13.6 Å². The van der Waals surface area contributed by atoms with Crippen LogP contribution in [0, 0.1) is 0 Å². The average Bonchev–Trinajstić information content (AvgIpc) is 2.65. The number of aromatic nitrogens is 2. The van der Waals surface area contributed by atoms with Crippen molar-refractivity contribution in [2.24, 2.45) is 0 Å². The van der Waals surface area contributed by atoms with Crippen LogP contribution >= 0.6 is 0 Å². The Bertz CT molecular complexity index is 518. The minimum Gasteiger partial charge on any atom is -0.435 e. The molecule has 7 heteroatoms. The average molecular weight is 228 g/mol. The van der Waals surface area contributed by atoms with E-state index in [-0.39, 0.29) is 11.6 Å². The van der Waals surface area contributed by atoms with Crippen LogP contribution in [-0.2, 0) is 0 Å². The highest BCUT2D eigenvalue weighted by Gasteiger charge is 2.07. The molecule has 0 saturated carbocycles. The molecule has 0 aliphatic rings. The van der Waals surface area contributed by atoms with Gasteiger partial charge in [-0.1, -0.05) is 0 Å². The predicted molar refractivity (Wildman–Crippen MR) is 49.2 cm³/mol. The Morgan fingerprint density at radius 1 is 1.31 bits per heavy atom. The minimum absolute atomic E-state index is 0.0247. The van der Waals surface area contributed by atoms with Crippen LogP contribution in [0.4, 0.5) is 8.78 Å². The number of hydrogen-bond acceptors (Lipinski definition) is 4. The molecule has 0 radical (unpaired) electrons. The molecular weight excluding hydrogens is 222 g/mol. The smallest absolute Gasteiger partial charge is 0.434 e. The van der Waals surface area contributed by atoms with Crippen molar-refractivity contribution in [2.75, 3.05) is 0 Å². The molecule has 2 aromatic rings. The Labute approximate surface area is 87.7 Å². The van der Waals surface area contributed by atoms with Gasteiger partial charge in [-0.2, -0.15) is 8.78 Å². The summed E-state index contributed by atoms with van der Waals surface area (Å²) in [6.45, 7) is -2.87. The van der Waals surface area contributed by atoms with E-state index < -0.39 is 12.4 Å². The van der Waals surface area contributed by atoms with Crippen LogP contribution in [0.1, 0.15) is 0 Å². The Balaban J connectivity index is 2.22. The zero-order valence-corrected chi connectivity index (χ0v) is 7.81. The summed E-state index contributed by atoms with van der Waals surface area (Å²) in [5.74, 6) is -0.562. The summed E-state index contributed by atoms with van der Waals surface area (Å²) in [5, 5.41) is 5.67. The number of nitrogens with one attached hydrogen (secondary N) is 1. The highest BCUT2D eigenvalue weighted by Crippen LogP contribution is 2.20. The molecule has 0 spiro atoms. The third-order valence-electron chi connectivity index (χ3n) is 1.76. The lowest BCUT2D eigenvalue weighted by Gasteiger charge is -2.03. The highest BCUT2D eigenvalue weighted by atomic mass is 19.3. The number of H-pyrrole nitrogens is 1. The SMILES string of the molecule is O=c1[nH]nc(-c2ccc(OC(F)F)cc2)o1. The van der Waals surface area contributed by atoms with Crippen LogP contribution in [0.3, 0.4) is 0 Å². The quantitative estimate of drug-likeness (QED) is 0.866. The van der Waals surface area contributed by atoms with Crippen LogP contribution in [0.2, 0.25) is 0 Å². The number of halogens is 2. The third kappa shape index (κ3) is 2.25. The predicted octanol–water partition coefficient (Wildman–Crippen LogP) is 1.63. The molecule has 0 aliphatic carbocycles. The van der Waals surface area contributed by atoms with Gasteiger partial charge in [0, 0.05) is 5.56 Å². The largest absolute Gasteiger partial charge is 0.435 e. The van der Waals surface area contributed by atoms with Gasteiger partial charge in [-0.3, -0.25) is 0 Å². The van der Waals surface area contributed by atoms with E-state index in [4.69, 9.17) is 0 Å². The Kier molecular flexibility index (Phi) is 2.67. The van der Waals surface area contributed by atoms with E-state index in [0.29, 0.717) is 5.56 Å². The molecule has 0 saturated heterocycles. The molecule has 0 atom stereocenters. The number of ether oxygens (including phenoxy) is 1. The molecule has 0 bridgehead atoms. The maximum absolute atomic E-state index is 11.8. The lowest BCUT2D eigenvalue weighted by molar-refractivity contribution is -0.0498. The molecule has 1 aromatic carbocycles. The van der Waals surface area contributed by atoms with E-state index in [0.717, 1.165) is 0 Å². The highest BCUT2D eigenvalue weighted by molar-refractivity contribution is 5.53. The summed E-state index contributed by atoms with van der Waals surface area (Å²) < 4.78 is 32.5. The van der Waals surface area contributed by atoms with Gasteiger partial charge < -0.3 is 9.15 Å². The maximum Gasteiger partial charge on any atom is 0.434 e. The minimum atomic E-state index is -2.87. The Morgan fingerprint density at radius 3 is 2.50 bits per heavy atom. The van der Waals surface area contributed by atoms with Crippen LogP contribution in [0.5, 0.6) is 5.75 Å². The van der Waals surface area contributed by atoms with E-state index in [1.165, 1.54) is 24.3 Å².